The molecule has 3 rings (SSSR count). The molecule has 4 amide bonds. The summed E-state index contributed by atoms with van der Waals surface area (Å²) in [6, 6.07) is 10.6. The summed E-state index contributed by atoms with van der Waals surface area (Å²) in [5.74, 6) is -0.0299. The molecule has 1 aliphatic rings. The van der Waals surface area contributed by atoms with Crippen molar-refractivity contribution in [3.8, 4) is 0 Å². The zero-order valence-electron chi connectivity index (χ0n) is 16.6. The molecule has 2 atom stereocenters. The van der Waals surface area contributed by atoms with E-state index in [2.05, 4.69) is 21.3 Å². The topological polar surface area (TPSA) is 82.3 Å². The average Bonchev–Trinajstić information content (AvgIpc) is 2.74. The van der Waals surface area contributed by atoms with Crippen molar-refractivity contribution in [3.63, 3.8) is 0 Å². The van der Waals surface area contributed by atoms with E-state index in [1.165, 1.54) is 48.5 Å². The fraction of sp³-hybridized carbons (Fsp3) is 0.364. The quantitative estimate of drug-likeness (QED) is 0.550. The Bertz CT molecular complexity index is 774. The molecular formula is C22H26F2N4O2. The third kappa shape index (κ3) is 7.02. The molecule has 0 spiro atoms. The summed E-state index contributed by atoms with van der Waals surface area (Å²) in [6.07, 6.45) is 4.00. The summed E-state index contributed by atoms with van der Waals surface area (Å²) in [7, 11) is 0. The van der Waals surface area contributed by atoms with Crippen molar-refractivity contribution in [3.05, 3.63) is 60.2 Å². The van der Waals surface area contributed by atoms with E-state index in [0.29, 0.717) is 36.3 Å². The minimum absolute atomic E-state index is 0.319. The van der Waals surface area contributed by atoms with Crippen molar-refractivity contribution in [2.75, 3.05) is 23.7 Å². The molecule has 160 valence electrons. The predicted octanol–water partition coefficient (Wildman–Crippen LogP) is 4.71. The lowest BCUT2D eigenvalue weighted by Gasteiger charge is -2.29. The van der Waals surface area contributed by atoms with E-state index in [1.54, 1.807) is 0 Å². The van der Waals surface area contributed by atoms with Crippen molar-refractivity contribution >= 4 is 23.4 Å². The van der Waals surface area contributed by atoms with Crippen LogP contribution in [0, 0.1) is 23.5 Å². The molecule has 1 aliphatic carbocycles. The van der Waals surface area contributed by atoms with Gasteiger partial charge in [0.2, 0.25) is 0 Å². The van der Waals surface area contributed by atoms with Gasteiger partial charge in [0.25, 0.3) is 0 Å². The van der Waals surface area contributed by atoms with Gasteiger partial charge in [0.05, 0.1) is 0 Å². The highest BCUT2D eigenvalue weighted by atomic mass is 19.1. The van der Waals surface area contributed by atoms with Crippen LogP contribution in [0.5, 0.6) is 0 Å². The number of nitrogens with one attached hydrogen (secondary N) is 4. The van der Waals surface area contributed by atoms with Crippen LogP contribution >= 0.6 is 0 Å². The van der Waals surface area contributed by atoms with E-state index < -0.39 is 0 Å². The number of urea groups is 2. The molecule has 2 aromatic carbocycles. The van der Waals surface area contributed by atoms with Gasteiger partial charge in [-0.2, -0.15) is 0 Å². The highest BCUT2D eigenvalue weighted by Crippen LogP contribution is 2.28. The minimum Gasteiger partial charge on any atom is -0.338 e. The molecular weight excluding hydrogens is 390 g/mol. The van der Waals surface area contributed by atoms with Crippen molar-refractivity contribution < 1.29 is 18.4 Å². The standard InChI is InChI=1S/C22H26F2N4O2/c23-17-4-8-19(9-5-17)27-21(29)25-13-15-2-1-3-16(12-15)14-26-22(30)28-20-10-6-18(24)7-11-20/h4-11,15-16H,1-3,12-14H2,(H2,25,27,29)(H2,26,28,30)/t15-,16-/m0/s1. The van der Waals surface area contributed by atoms with Gasteiger partial charge in [-0.25, -0.2) is 18.4 Å². The van der Waals surface area contributed by atoms with Gasteiger partial charge in [-0.3, -0.25) is 0 Å². The SMILES string of the molecule is O=C(NC[C@H]1CCC[C@H](CNC(=O)Nc2ccc(F)cc2)C1)Nc1ccc(F)cc1. The highest BCUT2D eigenvalue weighted by molar-refractivity contribution is 5.89. The number of anilines is 2. The number of hydrogen-bond donors (Lipinski definition) is 4. The van der Waals surface area contributed by atoms with E-state index in [9.17, 15) is 18.4 Å². The van der Waals surface area contributed by atoms with Crippen LogP contribution in [0.2, 0.25) is 0 Å². The van der Waals surface area contributed by atoms with E-state index in [0.717, 1.165) is 25.7 Å². The Labute approximate surface area is 174 Å². The van der Waals surface area contributed by atoms with Crippen LogP contribution < -0.4 is 21.3 Å². The number of carbonyl (C=O) groups is 2. The maximum absolute atomic E-state index is 12.9. The monoisotopic (exact) mass is 416 g/mol. The van der Waals surface area contributed by atoms with E-state index in [-0.39, 0.29) is 23.7 Å². The predicted molar refractivity (Wildman–Crippen MR) is 112 cm³/mol. The molecule has 4 N–H and O–H groups in total. The second kappa shape index (κ2) is 10.6. The molecule has 0 aromatic heterocycles. The van der Waals surface area contributed by atoms with Gasteiger partial charge in [0.1, 0.15) is 11.6 Å². The normalized spacial score (nSPS) is 18.3. The van der Waals surface area contributed by atoms with Gasteiger partial charge in [0.15, 0.2) is 0 Å². The van der Waals surface area contributed by atoms with Gasteiger partial charge in [-0.05, 0) is 79.6 Å². The molecule has 1 fully saturated rings. The Balaban J connectivity index is 1.36. The number of rotatable bonds is 6. The third-order valence-corrected chi connectivity index (χ3v) is 5.20. The minimum atomic E-state index is -0.353. The molecule has 0 saturated heterocycles. The first-order valence-corrected chi connectivity index (χ1v) is 10.1. The number of carbonyl (C=O) groups excluding carboxylic acids is 2. The van der Waals surface area contributed by atoms with Gasteiger partial charge < -0.3 is 21.3 Å². The van der Waals surface area contributed by atoms with Gasteiger partial charge in [0, 0.05) is 24.5 Å². The molecule has 0 aliphatic heterocycles. The molecule has 1 saturated carbocycles. The number of amides is 4. The van der Waals surface area contributed by atoms with Crippen LogP contribution in [0.1, 0.15) is 25.7 Å². The summed E-state index contributed by atoms with van der Waals surface area (Å²) < 4.78 is 25.8. The lowest BCUT2D eigenvalue weighted by molar-refractivity contribution is 0.230. The van der Waals surface area contributed by atoms with Gasteiger partial charge in [-0.15, -0.1) is 0 Å². The molecule has 2 aromatic rings. The molecule has 6 nitrogen and oxygen atoms in total. The first-order valence-electron chi connectivity index (χ1n) is 10.1. The van der Waals surface area contributed by atoms with Crippen molar-refractivity contribution in [2.45, 2.75) is 25.7 Å². The maximum atomic E-state index is 12.9. The second-order valence-electron chi connectivity index (χ2n) is 7.58. The summed E-state index contributed by atoms with van der Waals surface area (Å²) in [5.41, 5.74) is 1.07. The van der Waals surface area contributed by atoms with Crippen LogP contribution in [-0.4, -0.2) is 25.2 Å². The zero-order valence-corrected chi connectivity index (χ0v) is 16.6. The molecule has 8 heteroatoms. The Hall–Kier alpha value is -3.16. The van der Waals surface area contributed by atoms with Crippen molar-refractivity contribution in [1.29, 1.82) is 0 Å². The smallest absolute Gasteiger partial charge is 0.319 e. The number of hydrogen-bond acceptors (Lipinski definition) is 2. The Morgan fingerprint density at radius 2 is 1.13 bits per heavy atom. The van der Waals surface area contributed by atoms with Crippen LogP contribution in [0.15, 0.2) is 48.5 Å². The van der Waals surface area contributed by atoms with E-state index >= 15 is 0 Å². The lowest BCUT2D eigenvalue weighted by Crippen LogP contribution is -2.38. The second-order valence-corrected chi connectivity index (χ2v) is 7.58. The summed E-state index contributed by atoms with van der Waals surface area (Å²) in [6.45, 7) is 1.09. The molecule has 0 radical (unpaired) electrons. The van der Waals surface area contributed by atoms with E-state index in [4.69, 9.17) is 0 Å². The molecule has 30 heavy (non-hydrogen) atoms. The summed E-state index contributed by atoms with van der Waals surface area (Å²) in [5, 5.41) is 11.1. The first kappa shape index (κ1) is 21.5. The first-order chi connectivity index (χ1) is 14.5. The summed E-state index contributed by atoms with van der Waals surface area (Å²) in [4.78, 5) is 24.1. The third-order valence-electron chi connectivity index (χ3n) is 5.20. The molecule has 0 bridgehead atoms. The number of benzene rings is 2. The average molecular weight is 416 g/mol. The Morgan fingerprint density at radius 1 is 0.733 bits per heavy atom. The molecule has 0 heterocycles. The van der Waals surface area contributed by atoms with Crippen LogP contribution in [0.25, 0.3) is 0 Å². The van der Waals surface area contributed by atoms with Gasteiger partial charge >= 0.3 is 12.1 Å². The lowest BCUT2D eigenvalue weighted by atomic mass is 9.81. The van der Waals surface area contributed by atoms with Crippen LogP contribution in [-0.2, 0) is 0 Å². The zero-order chi connectivity index (χ0) is 21.3. The van der Waals surface area contributed by atoms with Gasteiger partial charge in [-0.1, -0.05) is 6.42 Å². The number of halogens is 2. The summed E-state index contributed by atoms with van der Waals surface area (Å²) >= 11 is 0. The maximum Gasteiger partial charge on any atom is 0.319 e. The fourth-order valence-corrected chi connectivity index (χ4v) is 3.66. The van der Waals surface area contributed by atoms with Crippen LogP contribution in [0.3, 0.4) is 0 Å². The fourth-order valence-electron chi connectivity index (χ4n) is 3.66. The van der Waals surface area contributed by atoms with Crippen molar-refractivity contribution in [2.24, 2.45) is 11.8 Å². The highest BCUT2D eigenvalue weighted by Gasteiger charge is 2.23. The largest absolute Gasteiger partial charge is 0.338 e. The van der Waals surface area contributed by atoms with Crippen LogP contribution in [0.4, 0.5) is 29.7 Å². The molecule has 0 unspecified atom stereocenters. The Morgan fingerprint density at radius 3 is 1.53 bits per heavy atom. The van der Waals surface area contributed by atoms with E-state index in [1.807, 2.05) is 0 Å². The van der Waals surface area contributed by atoms with Crippen molar-refractivity contribution in [1.82, 2.24) is 10.6 Å². The Kier molecular flexibility index (Phi) is 7.59.